The number of nitrogens with one attached hydrogen (secondary N) is 1. The van der Waals surface area contributed by atoms with Gasteiger partial charge < -0.3 is 20.1 Å². The van der Waals surface area contributed by atoms with E-state index in [0.717, 1.165) is 18.8 Å². The average molecular weight is 322 g/mol. The lowest BCUT2D eigenvalue weighted by molar-refractivity contribution is -0.140. The zero-order chi connectivity index (χ0) is 17.2. The molecular formula is C17H26N2O4. The molecule has 0 spiro atoms. The second-order valence-corrected chi connectivity index (χ2v) is 5.16. The van der Waals surface area contributed by atoms with Crippen molar-refractivity contribution in [1.82, 2.24) is 5.32 Å². The van der Waals surface area contributed by atoms with E-state index in [9.17, 15) is 14.7 Å². The third-order valence-electron chi connectivity index (χ3n) is 3.68. The van der Waals surface area contributed by atoms with E-state index in [2.05, 4.69) is 15.0 Å². The Morgan fingerprint density at radius 3 is 2.48 bits per heavy atom. The van der Waals surface area contributed by atoms with Gasteiger partial charge in [-0.1, -0.05) is 0 Å². The number of carbonyl (C=O) groups excluding carboxylic acids is 2. The van der Waals surface area contributed by atoms with Crippen molar-refractivity contribution < 1.29 is 19.4 Å². The Labute approximate surface area is 137 Å². The minimum atomic E-state index is -0.313. The number of nitrogens with zero attached hydrogens (tertiary/aromatic N) is 1. The molecule has 0 aromatic heterocycles. The van der Waals surface area contributed by atoms with Crippen LogP contribution in [-0.4, -0.2) is 43.7 Å². The highest BCUT2D eigenvalue weighted by atomic mass is 16.5. The number of ether oxygens (including phenoxy) is 1. The number of aromatic hydroxyl groups is 1. The van der Waals surface area contributed by atoms with Crippen molar-refractivity contribution in [3.05, 3.63) is 23.8 Å². The third kappa shape index (κ3) is 5.81. The summed E-state index contributed by atoms with van der Waals surface area (Å²) in [4.78, 5) is 25.1. The van der Waals surface area contributed by atoms with E-state index in [1.807, 2.05) is 19.9 Å². The van der Waals surface area contributed by atoms with E-state index < -0.39 is 0 Å². The fourth-order valence-electron chi connectivity index (χ4n) is 2.29. The van der Waals surface area contributed by atoms with Crippen LogP contribution in [0.1, 0.15) is 43.5 Å². The first-order valence-electron chi connectivity index (χ1n) is 7.96. The fraction of sp³-hybridized carbons (Fsp3) is 0.529. The Bertz CT molecular complexity index is 527. The molecule has 0 atom stereocenters. The van der Waals surface area contributed by atoms with Crippen molar-refractivity contribution in [2.75, 3.05) is 31.6 Å². The van der Waals surface area contributed by atoms with Gasteiger partial charge in [-0.15, -0.1) is 0 Å². The molecule has 0 aliphatic carbocycles. The molecule has 2 N–H and O–H groups in total. The molecule has 6 heteroatoms. The van der Waals surface area contributed by atoms with Gasteiger partial charge in [0.15, 0.2) is 0 Å². The van der Waals surface area contributed by atoms with E-state index in [0.29, 0.717) is 25.8 Å². The summed E-state index contributed by atoms with van der Waals surface area (Å²) >= 11 is 0. The molecular weight excluding hydrogens is 296 g/mol. The number of anilines is 1. The number of rotatable bonds is 9. The zero-order valence-corrected chi connectivity index (χ0v) is 14.1. The van der Waals surface area contributed by atoms with Gasteiger partial charge in [0, 0.05) is 37.8 Å². The number of unbranched alkanes of at least 4 members (excludes halogenated alkanes) is 1. The van der Waals surface area contributed by atoms with Gasteiger partial charge in [-0.2, -0.15) is 0 Å². The van der Waals surface area contributed by atoms with Crippen molar-refractivity contribution in [1.29, 1.82) is 0 Å². The summed E-state index contributed by atoms with van der Waals surface area (Å²) in [5.74, 6) is -0.589. The zero-order valence-electron chi connectivity index (χ0n) is 14.1. The number of hydrogen-bond donors (Lipinski definition) is 2. The molecule has 128 valence electrons. The quantitative estimate of drug-likeness (QED) is 0.539. The Morgan fingerprint density at radius 2 is 1.91 bits per heavy atom. The normalized spacial score (nSPS) is 10.2. The number of phenols is 1. The van der Waals surface area contributed by atoms with Crippen LogP contribution in [0.4, 0.5) is 5.69 Å². The maximum absolute atomic E-state index is 12.1. The van der Waals surface area contributed by atoms with Gasteiger partial charge in [-0.05, 0) is 38.8 Å². The van der Waals surface area contributed by atoms with Gasteiger partial charge in [0.1, 0.15) is 5.75 Å². The van der Waals surface area contributed by atoms with Crippen molar-refractivity contribution in [2.45, 2.75) is 33.1 Å². The molecule has 6 nitrogen and oxygen atoms in total. The van der Waals surface area contributed by atoms with E-state index >= 15 is 0 Å². The maximum Gasteiger partial charge on any atom is 0.305 e. The Balaban J connectivity index is 2.52. The van der Waals surface area contributed by atoms with Crippen LogP contribution in [-0.2, 0) is 9.53 Å². The number of hydrogen-bond acceptors (Lipinski definition) is 5. The molecule has 0 heterocycles. The van der Waals surface area contributed by atoms with Gasteiger partial charge >= 0.3 is 5.97 Å². The van der Waals surface area contributed by atoms with E-state index in [1.54, 1.807) is 12.1 Å². The fourth-order valence-corrected chi connectivity index (χ4v) is 2.29. The standard InChI is InChI=1S/C17H26N2O4/c1-4-19(5-2)13-9-10-14(15(20)12-13)17(22)18-11-7-6-8-16(21)23-3/h9-10,12,20H,4-8,11H2,1-3H3,(H,18,22). The van der Waals surface area contributed by atoms with Gasteiger partial charge in [0.2, 0.25) is 0 Å². The summed E-state index contributed by atoms with van der Waals surface area (Å²) in [5, 5.41) is 12.8. The molecule has 0 unspecified atom stereocenters. The van der Waals surface area contributed by atoms with Crippen LogP contribution in [0, 0.1) is 0 Å². The van der Waals surface area contributed by atoms with Crippen LogP contribution in [0.15, 0.2) is 18.2 Å². The van der Waals surface area contributed by atoms with Crippen LogP contribution in [0.5, 0.6) is 5.75 Å². The SMILES string of the molecule is CCN(CC)c1ccc(C(=O)NCCCCC(=O)OC)c(O)c1. The largest absolute Gasteiger partial charge is 0.507 e. The second kappa shape index (κ2) is 9.71. The number of esters is 1. The van der Waals surface area contributed by atoms with Crippen LogP contribution < -0.4 is 10.2 Å². The maximum atomic E-state index is 12.1. The molecule has 1 aromatic carbocycles. The highest BCUT2D eigenvalue weighted by Crippen LogP contribution is 2.24. The van der Waals surface area contributed by atoms with Crippen LogP contribution in [0.2, 0.25) is 0 Å². The van der Waals surface area contributed by atoms with Gasteiger partial charge in [0.25, 0.3) is 5.91 Å². The first kappa shape index (κ1) is 18.8. The number of carbonyl (C=O) groups is 2. The summed E-state index contributed by atoms with van der Waals surface area (Å²) in [5.41, 5.74) is 1.15. The van der Waals surface area contributed by atoms with Crippen molar-refractivity contribution >= 4 is 17.6 Å². The first-order valence-corrected chi connectivity index (χ1v) is 7.96. The summed E-state index contributed by atoms with van der Waals surface area (Å²) < 4.78 is 4.55. The lowest BCUT2D eigenvalue weighted by Crippen LogP contribution is -2.25. The minimum Gasteiger partial charge on any atom is -0.507 e. The molecule has 0 aliphatic rings. The molecule has 1 rings (SSSR count). The summed E-state index contributed by atoms with van der Waals surface area (Å²) in [6, 6.07) is 5.07. The molecule has 0 saturated heterocycles. The molecule has 0 saturated carbocycles. The minimum absolute atomic E-state index is 0.0264. The predicted molar refractivity (Wildman–Crippen MR) is 89.9 cm³/mol. The Hall–Kier alpha value is -2.24. The van der Waals surface area contributed by atoms with E-state index in [4.69, 9.17) is 0 Å². The topological polar surface area (TPSA) is 78.9 Å². The lowest BCUT2D eigenvalue weighted by Gasteiger charge is -2.21. The number of amides is 1. The summed E-state index contributed by atoms with van der Waals surface area (Å²) in [7, 11) is 1.36. The molecule has 1 aromatic rings. The number of phenolic OH excluding ortho intramolecular Hbond substituents is 1. The second-order valence-electron chi connectivity index (χ2n) is 5.16. The molecule has 1 amide bonds. The first-order chi connectivity index (χ1) is 11.0. The van der Waals surface area contributed by atoms with Crippen LogP contribution in [0.3, 0.4) is 0 Å². The molecule has 0 bridgehead atoms. The average Bonchev–Trinajstić information content (AvgIpc) is 2.55. The van der Waals surface area contributed by atoms with Crippen LogP contribution >= 0.6 is 0 Å². The molecule has 0 fully saturated rings. The Kier molecular flexibility index (Phi) is 7.94. The van der Waals surface area contributed by atoms with Gasteiger partial charge in [-0.3, -0.25) is 9.59 Å². The molecule has 0 radical (unpaired) electrons. The predicted octanol–water partition coefficient (Wildman–Crippen LogP) is 2.31. The third-order valence-corrected chi connectivity index (χ3v) is 3.68. The van der Waals surface area contributed by atoms with E-state index in [1.165, 1.54) is 7.11 Å². The van der Waals surface area contributed by atoms with E-state index in [-0.39, 0.29) is 23.2 Å². The summed E-state index contributed by atoms with van der Waals surface area (Å²) in [6.45, 7) is 6.20. The van der Waals surface area contributed by atoms with Gasteiger partial charge in [0.05, 0.1) is 12.7 Å². The number of benzene rings is 1. The Morgan fingerprint density at radius 1 is 1.22 bits per heavy atom. The monoisotopic (exact) mass is 322 g/mol. The lowest BCUT2D eigenvalue weighted by atomic mass is 10.1. The number of methoxy groups -OCH3 is 1. The molecule has 0 aliphatic heterocycles. The van der Waals surface area contributed by atoms with Crippen LogP contribution in [0.25, 0.3) is 0 Å². The van der Waals surface area contributed by atoms with Gasteiger partial charge in [-0.25, -0.2) is 0 Å². The van der Waals surface area contributed by atoms with Crippen molar-refractivity contribution in [2.24, 2.45) is 0 Å². The highest BCUT2D eigenvalue weighted by molar-refractivity contribution is 5.97. The molecule has 23 heavy (non-hydrogen) atoms. The highest BCUT2D eigenvalue weighted by Gasteiger charge is 2.13. The smallest absolute Gasteiger partial charge is 0.305 e. The summed E-state index contributed by atoms with van der Waals surface area (Å²) in [6.07, 6.45) is 1.68. The van der Waals surface area contributed by atoms with Crippen molar-refractivity contribution in [3.8, 4) is 5.75 Å². The van der Waals surface area contributed by atoms with Crippen molar-refractivity contribution in [3.63, 3.8) is 0 Å².